The molecule has 1 atom stereocenters. The third-order valence-corrected chi connectivity index (χ3v) is 6.59. The fraction of sp³-hybridized carbons (Fsp3) is 0.400. The molecule has 28 heavy (non-hydrogen) atoms. The number of para-hydroxylation sites is 1. The van der Waals surface area contributed by atoms with Gasteiger partial charge in [-0.1, -0.05) is 55.5 Å². The van der Waals surface area contributed by atoms with Gasteiger partial charge in [-0.05, 0) is 24.6 Å². The van der Waals surface area contributed by atoms with Crippen molar-refractivity contribution in [2.24, 2.45) is 0 Å². The summed E-state index contributed by atoms with van der Waals surface area (Å²) in [6.07, 6.45) is 3.01. The van der Waals surface area contributed by atoms with E-state index >= 15 is 0 Å². The van der Waals surface area contributed by atoms with Crippen molar-refractivity contribution < 1.29 is 9.28 Å². The van der Waals surface area contributed by atoms with Crippen LogP contribution in [0.4, 0.5) is 5.69 Å². The summed E-state index contributed by atoms with van der Waals surface area (Å²) in [5, 5.41) is 0. The van der Waals surface area contributed by atoms with Crippen LogP contribution >= 0.6 is 0 Å². The molecule has 2 aromatic rings. The zero-order chi connectivity index (χ0) is 20.3. The molecule has 1 heterocycles. The predicted octanol–water partition coefficient (Wildman–Crippen LogP) is 4.88. The van der Waals surface area contributed by atoms with Crippen molar-refractivity contribution in [1.29, 1.82) is 0 Å². The van der Waals surface area contributed by atoms with Gasteiger partial charge in [0.05, 0.1) is 38.9 Å². The normalized spacial score (nSPS) is 27.1. The second kappa shape index (κ2) is 8.18. The van der Waals surface area contributed by atoms with E-state index in [2.05, 4.69) is 31.2 Å². The van der Waals surface area contributed by atoms with Gasteiger partial charge in [0.1, 0.15) is 11.2 Å². The molecule has 146 valence electrons. The summed E-state index contributed by atoms with van der Waals surface area (Å²) in [6.45, 7) is 6.58. The van der Waals surface area contributed by atoms with Gasteiger partial charge in [0, 0.05) is 6.42 Å². The van der Waals surface area contributed by atoms with Crippen LogP contribution in [-0.2, 0) is 11.2 Å². The Bertz CT molecular complexity index is 779. The molecule has 1 aliphatic rings. The first-order valence-electron chi connectivity index (χ1n) is 10.3. The van der Waals surface area contributed by atoms with Crippen LogP contribution in [0.2, 0.25) is 0 Å². The zero-order valence-corrected chi connectivity index (χ0v) is 17.2. The lowest BCUT2D eigenvalue weighted by Crippen LogP contribution is -2.68. The topological polar surface area (TPSA) is 17.1 Å². The second-order valence-electron chi connectivity index (χ2n) is 8.43. The van der Waals surface area contributed by atoms with Gasteiger partial charge in [-0.25, -0.2) is 9.28 Å². The number of likely N-dealkylation sites (tertiary alicyclic amines) is 1. The van der Waals surface area contributed by atoms with Crippen LogP contribution in [0.25, 0.3) is 0 Å². The highest BCUT2D eigenvalue weighted by Crippen LogP contribution is 2.41. The monoisotopic (exact) mass is 376 g/mol. The highest BCUT2D eigenvalue weighted by Gasteiger charge is 2.55. The minimum absolute atomic E-state index is 0.0509. The number of carbonyl (C=O) groups excluding carboxylic acids is 1. The molecule has 3 heteroatoms. The quantitative estimate of drug-likeness (QED) is 0.657. The summed E-state index contributed by atoms with van der Waals surface area (Å²) in [5.41, 5.74) is 1.81. The zero-order valence-electron chi connectivity index (χ0n) is 17.2. The van der Waals surface area contributed by atoms with Crippen LogP contribution in [0.3, 0.4) is 0 Å². The molecule has 0 spiro atoms. The average molecular weight is 377 g/mol. The highest BCUT2D eigenvalue weighted by atomic mass is 16.2. The molecule has 2 aromatic carbocycles. The van der Waals surface area contributed by atoms with Crippen molar-refractivity contribution in [2.75, 3.05) is 19.6 Å². The van der Waals surface area contributed by atoms with Gasteiger partial charge in [-0.2, -0.15) is 0 Å². The van der Waals surface area contributed by atoms with Crippen LogP contribution in [-0.4, -0.2) is 35.6 Å². The van der Waals surface area contributed by atoms with Crippen LogP contribution < -0.4 is 4.48 Å². The second-order valence-corrected chi connectivity index (χ2v) is 8.43. The van der Waals surface area contributed by atoms with E-state index in [0.29, 0.717) is 10.9 Å². The Morgan fingerprint density at radius 2 is 1.57 bits per heavy atom. The van der Waals surface area contributed by atoms with E-state index < -0.39 is 0 Å². The summed E-state index contributed by atoms with van der Waals surface area (Å²) < 4.78 is 0.405. The molecule has 0 saturated carbocycles. The Hall–Kier alpha value is -1.97. The Morgan fingerprint density at radius 1 is 1.04 bits per heavy atom. The Balaban J connectivity index is 1.77. The molecule has 0 aromatic heterocycles. The van der Waals surface area contributed by atoms with E-state index in [1.807, 2.05) is 43.3 Å². The first kappa shape index (κ1) is 20.8. The maximum absolute atomic E-state index is 13.0. The maximum atomic E-state index is 13.0. The number of benzene rings is 2. The number of carbonyl (C=O) groups is 1. The van der Waals surface area contributed by atoms with Gasteiger partial charge in [-0.3, -0.25) is 0 Å². The molecule has 0 N–H and O–H groups in total. The van der Waals surface area contributed by atoms with Crippen molar-refractivity contribution in [3.05, 3.63) is 80.3 Å². The molecule has 1 unspecified atom stereocenters. The van der Waals surface area contributed by atoms with E-state index in [-0.39, 0.29) is 15.9 Å². The van der Waals surface area contributed by atoms with Gasteiger partial charge >= 0.3 is 5.91 Å². The lowest BCUT2D eigenvalue weighted by Gasteiger charge is -2.51. The van der Waals surface area contributed by atoms with Crippen molar-refractivity contribution in [3.8, 4) is 0 Å². The maximum Gasteiger partial charge on any atom is 0.319 e. The molecule has 3 rings (SSSR count). The summed E-state index contributed by atoms with van der Waals surface area (Å²) in [5.74, 6) is 0.0509. The number of piperidine rings is 1. The summed E-state index contributed by atoms with van der Waals surface area (Å²) in [4.78, 5) is 13.0. The summed E-state index contributed by atoms with van der Waals surface area (Å²) >= 11 is 0. The highest BCUT2D eigenvalue weighted by molar-refractivity contribution is 5.90. The van der Waals surface area contributed by atoms with Crippen molar-refractivity contribution >= 4 is 11.6 Å². The average Bonchev–Trinajstić information content (AvgIpc) is 2.75. The van der Waals surface area contributed by atoms with E-state index in [0.717, 1.165) is 44.6 Å². The molecule has 3 nitrogen and oxygen atoms in total. The number of hydrogen-bond donors (Lipinski definition) is 0. The van der Waals surface area contributed by atoms with Crippen molar-refractivity contribution in [3.63, 3.8) is 0 Å². The van der Waals surface area contributed by atoms with Gasteiger partial charge < -0.3 is 4.48 Å². The number of nitrogens with zero attached hydrogens (tertiary/aromatic N) is 2. The van der Waals surface area contributed by atoms with Crippen LogP contribution in [0.5, 0.6) is 0 Å². The van der Waals surface area contributed by atoms with Crippen LogP contribution in [0.15, 0.2) is 60.7 Å². The number of amides is 1. The molecular formula is C25H32N2O+2. The van der Waals surface area contributed by atoms with E-state index in [4.69, 9.17) is 14.1 Å². The SMILES string of the molecule is [CH][N+]1(CCc2ccccc2)CCC(C)([N+]([CH])(C(=O)CC)c2ccccc2)CC1. The standard InChI is InChI=1S/C25H32N2O/c1-5-24(28)27(4,23-14-10-7-11-15-23)25(2)17-20-26(3,21-18-25)19-16-22-12-8-6-9-13-22/h3-4,6-15H,5,16-21H2,1-2H3/q+2. The van der Waals surface area contributed by atoms with Gasteiger partial charge in [0.2, 0.25) is 14.1 Å². The molecule has 1 amide bonds. The lowest BCUT2D eigenvalue weighted by atomic mass is 9.83. The van der Waals surface area contributed by atoms with Gasteiger partial charge in [-0.15, -0.1) is 0 Å². The smallest absolute Gasteiger partial charge is 0.310 e. The van der Waals surface area contributed by atoms with E-state index in [1.165, 1.54) is 5.56 Å². The van der Waals surface area contributed by atoms with Crippen molar-refractivity contribution in [2.45, 2.75) is 45.1 Å². The number of hydrogen-bond acceptors (Lipinski definition) is 1. The molecule has 1 aliphatic heterocycles. The summed E-state index contributed by atoms with van der Waals surface area (Å²) in [6, 6.07) is 20.3. The minimum Gasteiger partial charge on any atom is -0.310 e. The molecule has 0 bridgehead atoms. The molecular weight excluding hydrogens is 344 g/mol. The molecule has 1 fully saturated rings. The first-order chi connectivity index (χ1) is 13.3. The van der Waals surface area contributed by atoms with E-state index in [1.54, 1.807) is 0 Å². The number of rotatable bonds is 6. The van der Waals surface area contributed by atoms with Crippen molar-refractivity contribution in [1.82, 2.24) is 4.48 Å². The fourth-order valence-corrected chi connectivity index (χ4v) is 4.41. The summed E-state index contributed by atoms with van der Waals surface area (Å²) in [7, 11) is 13.6. The van der Waals surface area contributed by atoms with Gasteiger partial charge in [0.25, 0.3) is 0 Å². The fourth-order valence-electron chi connectivity index (χ4n) is 4.41. The lowest BCUT2D eigenvalue weighted by molar-refractivity contribution is -0.892. The first-order valence-corrected chi connectivity index (χ1v) is 10.3. The third-order valence-electron chi connectivity index (χ3n) is 6.59. The Kier molecular flexibility index (Phi) is 6.07. The Morgan fingerprint density at radius 3 is 2.11 bits per heavy atom. The minimum atomic E-state index is -0.359. The largest absolute Gasteiger partial charge is 0.319 e. The predicted molar refractivity (Wildman–Crippen MR) is 115 cm³/mol. The molecule has 4 radical (unpaired) electrons. The molecule has 0 aliphatic carbocycles. The molecule has 1 saturated heterocycles. The third kappa shape index (κ3) is 3.92. The van der Waals surface area contributed by atoms with E-state index in [9.17, 15) is 4.79 Å². The Labute approximate surface area is 170 Å². The van der Waals surface area contributed by atoms with Crippen LogP contribution in [0.1, 0.15) is 38.7 Å². The van der Waals surface area contributed by atoms with Crippen LogP contribution in [0, 0.1) is 14.1 Å². The number of quaternary nitrogens is 2. The van der Waals surface area contributed by atoms with Gasteiger partial charge in [0.15, 0.2) is 0 Å².